The summed E-state index contributed by atoms with van der Waals surface area (Å²) in [7, 11) is 0. The SMILES string of the molecule is c1cc(CN2CCNCC2)ccc1CNC1CCOC12CCNCC2. The van der Waals surface area contributed by atoms with E-state index in [1.165, 1.54) is 11.1 Å². The number of rotatable bonds is 5. The van der Waals surface area contributed by atoms with Crippen molar-refractivity contribution in [1.82, 2.24) is 20.9 Å². The summed E-state index contributed by atoms with van der Waals surface area (Å²) in [5.41, 5.74) is 2.87. The first-order chi connectivity index (χ1) is 12.3. The average Bonchev–Trinajstić information content (AvgIpc) is 3.04. The third-order valence-electron chi connectivity index (χ3n) is 6.07. The fraction of sp³-hybridized carbons (Fsp3) is 0.700. The first kappa shape index (κ1) is 17.4. The van der Waals surface area contributed by atoms with Crippen molar-refractivity contribution in [2.75, 3.05) is 45.9 Å². The summed E-state index contributed by atoms with van der Waals surface area (Å²) in [5, 5.41) is 10.7. The lowest BCUT2D eigenvalue weighted by molar-refractivity contribution is -0.0338. The van der Waals surface area contributed by atoms with Crippen molar-refractivity contribution in [2.24, 2.45) is 0 Å². The minimum absolute atomic E-state index is 0.0769. The van der Waals surface area contributed by atoms with E-state index >= 15 is 0 Å². The topological polar surface area (TPSA) is 48.6 Å². The maximum Gasteiger partial charge on any atom is 0.0859 e. The molecule has 4 rings (SSSR count). The van der Waals surface area contributed by atoms with Crippen molar-refractivity contribution in [1.29, 1.82) is 0 Å². The molecule has 3 heterocycles. The lowest BCUT2D eigenvalue weighted by Crippen LogP contribution is -2.53. The molecule has 1 atom stereocenters. The molecule has 1 spiro atoms. The van der Waals surface area contributed by atoms with Gasteiger partial charge >= 0.3 is 0 Å². The Morgan fingerprint density at radius 3 is 2.44 bits per heavy atom. The van der Waals surface area contributed by atoms with Crippen LogP contribution in [0.3, 0.4) is 0 Å². The van der Waals surface area contributed by atoms with Crippen LogP contribution in [0, 0.1) is 0 Å². The molecule has 0 radical (unpaired) electrons. The Hall–Kier alpha value is -0.980. The molecule has 3 aliphatic rings. The second-order valence-corrected chi connectivity index (χ2v) is 7.73. The quantitative estimate of drug-likeness (QED) is 0.747. The molecule has 5 heteroatoms. The van der Waals surface area contributed by atoms with Gasteiger partial charge in [0, 0.05) is 51.9 Å². The summed E-state index contributed by atoms with van der Waals surface area (Å²) in [5.74, 6) is 0. The maximum absolute atomic E-state index is 6.17. The molecule has 3 N–H and O–H groups in total. The van der Waals surface area contributed by atoms with Gasteiger partial charge in [-0.1, -0.05) is 24.3 Å². The normalized spacial score (nSPS) is 27.0. The number of hydrogen-bond acceptors (Lipinski definition) is 5. The lowest BCUT2D eigenvalue weighted by atomic mass is 9.85. The number of nitrogens with one attached hydrogen (secondary N) is 3. The molecule has 3 fully saturated rings. The van der Waals surface area contributed by atoms with Crippen molar-refractivity contribution in [3.05, 3.63) is 35.4 Å². The molecule has 25 heavy (non-hydrogen) atoms. The number of hydrogen-bond donors (Lipinski definition) is 3. The molecule has 0 aliphatic carbocycles. The van der Waals surface area contributed by atoms with E-state index in [9.17, 15) is 0 Å². The summed E-state index contributed by atoms with van der Waals surface area (Å²) in [6, 6.07) is 9.66. The Labute approximate surface area is 151 Å². The van der Waals surface area contributed by atoms with E-state index in [-0.39, 0.29) is 5.60 Å². The lowest BCUT2D eigenvalue weighted by Gasteiger charge is -2.38. The zero-order chi connectivity index (χ0) is 17.0. The van der Waals surface area contributed by atoms with Gasteiger partial charge in [-0.3, -0.25) is 4.90 Å². The van der Waals surface area contributed by atoms with Gasteiger partial charge in [-0.25, -0.2) is 0 Å². The van der Waals surface area contributed by atoms with Gasteiger partial charge in [0.2, 0.25) is 0 Å². The van der Waals surface area contributed by atoms with Crippen LogP contribution >= 0.6 is 0 Å². The van der Waals surface area contributed by atoms with E-state index < -0.39 is 0 Å². The summed E-state index contributed by atoms with van der Waals surface area (Å²) in [6.07, 6.45) is 3.41. The Morgan fingerprint density at radius 2 is 1.68 bits per heavy atom. The third-order valence-corrected chi connectivity index (χ3v) is 6.07. The van der Waals surface area contributed by atoms with E-state index in [4.69, 9.17) is 4.74 Å². The maximum atomic E-state index is 6.17. The number of ether oxygens (including phenoxy) is 1. The van der Waals surface area contributed by atoms with Crippen LogP contribution in [0.2, 0.25) is 0 Å². The molecule has 3 saturated heterocycles. The van der Waals surface area contributed by atoms with E-state index in [0.717, 1.165) is 78.2 Å². The van der Waals surface area contributed by atoms with Crippen LogP contribution in [0.5, 0.6) is 0 Å². The molecule has 138 valence electrons. The number of benzene rings is 1. The second kappa shape index (κ2) is 8.14. The highest BCUT2D eigenvalue weighted by molar-refractivity contribution is 5.22. The zero-order valence-electron chi connectivity index (χ0n) is 15.2. The fourth-order valence-corrected chi connectivity index (χ4v) is 4.51. The summed E-state index contributed by atoms with van der Waals surface area (Å²) < 4.78 is 6.17. The van der Waals surface area contributed by atoms with Crippen LogP contribution < -0.4 is 16.0 Å². The van der Waals surface area contributed by atoms with Gasteiger partial charge in [0.05, 0.1) is 5.60 Å². The Balaban J connectivity index is 1.29. The van der Waals surface area contributed by atoms with Crippen molar-refractivity contribution >= 4 is 0 Å². The average molecular weight is 345 g/mol. The van der Waals surface area contributed by atoms with E-state index in [1.807, 2.05) is 0 Å². The molecule has 3 aliphatic heterocycles. The molecule has 0 aromatic heterocycles. The highest BCUT2D eigenvalue weighted by atomic mass is 16.5. The molecule has 0 bridgehead atoms. The Bertz CT molecular complexity index is 535. The van der Waals surface area contributed by atoms with Gasteiger partial charge in [-0.05, 0) is 43.5 Å². The van der Waals surface area contributed by atoms with E-state index in [1.54, 1.807) is 0 Å². The predicted molar refractivity (Wildman–Crippen MR) is 101 cm³/mol. The fourth-order valence-electron chi connectivity index (χ4n) is 4.51. The number of piperidine rings is 1. The highest BCUT2D eigenvalue weighted by Gasteiger charge is 2.44. The summed E-state index contributed by atoms with van der Waals surface area (Å²) in [4.78, 5) is 2.53. The predicted octanol–water partition coefficient (Wildman–Crippen LogP) is 1.09. The second-order valence-electron chi connectivity index (χ2n) is 7.73. The minimum atomic E-state index is 0.0769. The number of piperazine rings is 1. The first-order valence-corrected chi connectivity index (χ1v) is 9.93. The van der Waals surface area contributed by atoms with E-state index in [0.29, 0.717) is 6.04 Å². The minimum Gasteiger partial charge on any atom is -0.373 e. The van der Waals surface area contributed by atoms with Crippen molar-refractivity contribution in [3.63, 3.8) is 0 Å². The van der Waals surface area contributed by atoms with Crippen LogP contribution in [0.1, 0.15) is 30.4 Å². The third kappa shape index (κ3) is 4.23. The number of nitrogens with zero attached hydrogens (tertiary/aromatic N) is 1. The van der Waals surface area contributed by atoms with Gasteiger partial charge in [-0.15, -0.1) is 0 Å². The van der Waals surface area contributed by atoms with Crippen molar-refractivity contribution in [3.8, 4) is 0 Å². The van der Waals surface area contributed by atoms with Crippen LogP contribution in [-0.2, 0) is 17.8 Å². The summed E-state index contributed by atoms with van der Waals surface area (Å²) in [6.45, 7) is 9.62. The molecule has 5 nitrogen and oxygen atoms in total. The molecular formula is C20H32N4O. The van der Waals surface area contributed by atoms with Crippen LogP contribution in [-0.4, -0.2) is 62.4 Å². The van der Waals surface area contributed by atoms with Crippen LogP contribution in [0.4, 0.5) is 0 Å². The first-order valence-electron chi connectivity index (χ1n) is 9.93. The van der Waals surface area contributed by atoms with Crippen LogP contribution in [0.15, 0.2) is 24.3 Å². The van der Waals surface area contributed by atoms with Gasteiger partial charge in [0.25, 0.3) is 0 Å². The van der Waals surface area contributed by atoms with Gasteiger partial charge in [-0.2, -0.15) is 0 Å². The van der Waals surface area contributed by atoms with Gasteiger partial charge in [0.15, 0.2) is 0 Å². The monoisotopic (exact) mass is 344 g/mol. The Kier molecular flexibility index (Phi) is 5.68. The highest BCUT2D eigenvalue weighted by Crippen LogP contribution is 2.34. The molecule has 1 aromatic rings. The molecular weight excluding hydrogens is 312 g/mol. The molecule has 0 saturated carbocycles. The van der Waals surface area contributed by atoms with Crippen molar-refractivity contribution in [2.45, 2.75) is 44.0 Å². The zero-order valence-corrected chi connectivity index (χ0v) is 15.2. The molecule has 0 amide bonds. The largest absolute Gasteiger partial charge is 0.373 e. The van der Waals surface area contributed by atoms with Gasteiger partial charge < -0.3 is 20.7 Å². The Morgan fingerprint density at radius 1 is 1.00 bits per heavy atom. The van der Waals surface area contributed by atoms with Crippen LogP contribution in [0.25, 0.3) is 0 Å². The van der Waals surface area contributed by atoms with Gasteiger partial charge in [0.1, 0.15) is 0 Å². The smallest absolute Gasteiger partial charge is 0.0859 e. The van der Waals surface area contributed by atoms with Crippen molar-refractivity contribution < 1.29 is 4.74 Å². The summed E-state index contributed by atoms with van der Waals surface area (Å²) >= 11 is 0. The molecule has 1 aromatic carbocycles. The molecule has 1 unspecified atom stereocenters. The standard InChI is InChI=1S/C20H32N4O/c1-3-18(16-24-12-10-22-11-13-24)4-2-17(1)15-23-19-5-14-25-20(19)6-8-21-9-7-20/h1-4,19,21-23H,5-16H2. The van der Waals surface area contributed by atoms with E-state index in [2.05, 4.69) is 45.1 Å².